The average Bonchev–Trinajstić information content (AvgIpc) is 2.68. The Labute approximate surface area is 165 Å². The second-order valence-corrected chi connectivity index (χ2v) is 7.97. The van der Waals surface area contributed by atoms with Crippen LogP contribution in [0, 0.1) is 0 Å². The largest absolute Gasteiger partial charge is 0.480 e. The molecule has 0 bridgehead atoms. The maximum Gasteiger partial charge on any atom is 0.320 e. The number of nitrogens with zero attached hydrogens (tertiary/aromatic N) is 2. The van der Waals surface area contributed by atoms with Gasteiger partial charge >= 0.3 is 5.97 Å². The van der Waals surface area contributed by atoms with E-state index in [1.54, 1.807) is 0 Å². The fourth-order valence-electron chi connectivity index (χ4n) is 2.92. The predicted molar refractivity (Wildman–Crippen MR) is 111 cm³/mol. The number of carbonyl (C=O) groups is 1. The van der Waals surface area contributed by atoms with Crippen molar-refractivity contribution in [2.45, 2.75) is 38.6 Å². The van der Waals surface area contributed by atoms with Crippen LogP contribution >= 0.6 is 0 Å². The predicted octanol–water partition coefficient (Wildman–Crippen LogP) is 4.06. The van der Waals surface area contributed by atoms with Crippen LogP contribution in [-0.4, -0.2) is 27.1 Å². The molecule has 0 saturated heterocycles. The maximum atomic E-state index is 10.9. The number of aromatic nitrogens is 2. The Morgan fingerprint density at radius 1 is 0.929 bits per heavy atom. The van der Waals surface area contributed by atoms with Crippen LogP contribution in [-0.2, 0) is 16.6 Å². The van der Waals surface area contributed by atoms with Gasteiger partial charge in [-0.25, -0.2) is 9.97 Å². The van der Waals surface area contributed by atoms with Gasteiger partial charge in [-0.05, 0) is 28.5 Å². The summed E-state index contributed by atoms with van der Waals surface area (Å²) in [6.07, 6.45) is 3.94. The highest BCUT2D eigenvalue weighted by Gasteiger charge is 2.14. The third-order valence-electron chi connectivity index (χ3n) is 4.72. The second-order valence-electron chi connectivity index (χ2n) is 7.97. The zero-order valence-electron chi connectivity index (χ0n) is 16.4. The van der Waals surface area contributed by atoms with E-state index in [1.807, 2.05) is 36.7 Å². The SMILES string of the molecule is CC(C)(C)c1ccc(-c2cnc(-c3ccc(CC(N)C(=O)O)cc3)nc2)cc1. The molecule has 5 nitrogen and oxygen atoms in total. The molecule has 0 radical (unpaired) electrons. The van der Waals surface area contributed by atoms with Crippen molar-refractivity contribution in [3.05, 3.63) is 72.1 Å². The Morgan fingerprint density at radius 2 is 1.46 bits per heavy atom. The summed E-state index contributed by atoms with van der Waals surface area (Å²) in [6.45, 7) is 6.58. The summed E-state index contributed by atoms with van der Waals surface area (Å²) < 4.78 is 0. The highest BCUT2D eigenvalue weighted by atomic mass is 16.4. The van der Waals surface area contributed by atoms with Crippen molar-refractivity contribution in [2.24, 2.45) is 5.73 Å². The Kier molecular flexibility index (Phi) is 5.56. The third kappa shape index (κ3) is 4.61. The Hall–Kier alpha value is -3.05. The average molecular weight is 375 g/mol. The van der Waals surface area contributed by atoms with E-state index in [0.29, 0.717) is 12.2 Å². The van der Waals surface area contributed by atoms with E-state index in [9.17, 15) is 4.79 Å². The molecule has 144 valence electrons. The van der Waals surface area contributed by atoms with Crippen molar-refractivity contribution in [1.29, 1.82) is 0 Å². The molecule has 28 heavy (non-hydrogen) atoms. The quantitative estimate of drug-likeness (QED) is 0.702. The van der Waals surface area contributed by atoms with Gasteiger partial charge in [0.2, 0.25) is 0 Å². The molecular formula is C23H25N3O2. The maximum absolute atomic E-state index is 10.9. The lowest BCUT2D eigenvalue weighted by molar-refractivity contribution is -0.138. The topological polar surface area (TPSA) is 89.1 Å². The van der Waals surface area contributed by atoms with E-state index >= 15 is 0 Å². The molecule has 0 saturated carbocycles. The Morgan fingerprint density at radius 3 is 1.96 bits per heavy atom. The van der Waals surface area contributed by atoms with E-state index in [-0.39, 0.29) is 5.41 Å². The van der Waals surface area contributed by atoms with Gasteiger partial charge in [-0.1, -0.05) is 69.3 Å². The molecule has 1 atom stereocenters. The van der Waals surface area contributed by atoms with Crippen LogP contribution in [0.2, 0.25) is 0 Å². The molecule has 0 amide bonds. The number of nitrogens with two attached hydrogens (primary N) is 1. The molecule has 2 aromatic carbocycles. The molecule has 1 heterocycles. The van der Waals surface area contributed by atoms with E-state index in [0.717, 1.165) is 22.3 Å². The van der Waals surface area contributed by atoms with Gasteiger partial charge in [0.05, 0.1) is 0 Å². The van der Waals surface area contributed by atoms with Gasteiger partial charge in [0.15, 0.2) is 5.82 Å². The summed E-state index contributed by atoms with van der Waals surface area (Å²) in [4.78, 5) is 19.8. The van der Waals surface area contributed by atoms with Gasteiger partial charge in [-0.15, -0.1) is 0 Å². The van der Waals surface area contributed by atoms with Gasteiger partial charge < -0.3 is 10.8 Å². The minimum absolute atomic E-state index is 0.124. The van der Waals surface area contributed by atoms with Crippen LogP contribution in [0.1, 0.15) is 31.9 Å². The molecule has 1 unspecified atom stereocenters. The van der Waals surface area contributed by atoms with Crippen molar-refractivity contribution >= 4 is 5.97 Å². The monoisotopic (exact) mass is 375 g/mol. The number of benzene rings is 2. The summed E-state index contributed by atoms with van der Waals surface area (Å²) in [7, 11) is 0. The van der Waals surface area contributed by atoms with Crippen LogP contribution in [0.4, 0.5) is 0 Å². The summed E-state index contributed by atoms with van der Waals surface area (Å²) in [5, 5.41) is 8.91. The smallest absolute Gasteiger partial charge is 0.320 e. The van der Waals surface area contributed by atoms with Gasteiger partial charge in [-0.3, -0.25) is 4.79 Å². The summed E-state index contributed by atoms with van der Waals surface area (Å²) in [5.74, 6) is -0.373. The number of hydrogen-bond acceptors (Lipinski definition) is 4. The number of carboxylic acid groups (broad SMARTS) is 1. The minimum Gasteiger partial charge on any atom is -0.480 e. The Balaban J connectivity index is 1.74. The van der Waals surface area contributed by atoms with Crippen LogP contribution in [0.25, 0.3) is 22.5 Å². The van der Waals surface area contributed by atoms with Gasteiger partial charge in [0.25, 0.3) is 0 Å². The molecular weight excluding hydrogens is 350 g/mol. The first kappa shape index (κ1) is 19.7. The zero-order valence-corrected chi connectivity index (χ0v) is 16.4. The van der Waals surface area contributed by atoms with E-state index in [2.05, 4.69) is 55.0 Å². The van der Waals surface area contributed by atoms with E-state index < -0.39 is 12.0 Å². The molecule has 3 rings (SSSR count). The summed E-state index contributed by atoms with van der Waals surface area (Å²) >= 11 is 0. The first-order valence-electron chi connectivity index (χ1n) is 9.25. The molecule has 3 aromatic rings. The number of hydrogen-bond donors (Lipinski definition) is 2. The van der Waals surface area contributed by atoms with Gasteiger partial charge in [-0.2, -0.15) is 0 Å². The third-order valence-corrected chi connectivity index (χ3v) is 4.72. The van der Waals surface area contributed by atoms with E-state index in [4.69, 9.17) is 10.8 Å². The van der Waals surface area contributed by atoms with Crippen molar-refractivity contribution in [3.8, 4) is 22.5 Å². The summed E-state index contributed by atoms with van der Waals surface area (Å²) in [6, 6.07) is 15.1. The van der Waals surface area contributed by atoms with Gasteiger partial charge in [0.1, 0.15) is 6.04 Å². The lowest BCUT2D eigenvalue weighted by Crippen LogP contribution is -2.32. The normalized spacial score (nSPS) is 12.6. The lowest BCUT2D eigenvalue weighted by Gasteiger charge is -2.19. The molecule has 1 aromatic heterocycles. The minimum atomic E-state index is -1.00. The van der Waals surface area contributed by atoms with Crippen LogP contribution < -0.4 is 5.73 Å². The Bertz CT molecular complexity index is 941. The van der Waals surface area contributed by atoms with Crippen LogP contribution in [0.15, 0.2) is 60.9 Å². The van der Waals surface area contributed by atoms with Crippen molar-refractivity contribution < 1.29 is 9.90 Å². The lowest BCUT2D eigenvalue weighted by atomic mass is 9.86. The summed E-state index contributed by atoms with van der Waals surface area (Å²) in [5.41, 5.74) is 10.8. The second kappa shape index (κ2) is 7.90. The van der Waals surface area contributed by atoms with E-state index in [1.165, 1.54) is 5.56 Å². The molecule has 3 N–H and O–H groups in total. The van der Waals surface area contributed by atoms with Crippen molar-refractivity contribution in [1.82, 2.24) is 9.97 Å². The van der Waals surface area contributed by atoms with Crippen molar-refractivity contribution in [2.75, 3.05) is 0 Å². The number of carboxylic acids is 1. The number of rotatable bonds is 5. The van der Waals surface area contributed by atoms with Crippen molar-refractivity contribution in [3.63, 3.8) is 0 Å². The van der Waals surface area contributed by atoms with Crippen LogP contribution in [0.3, 0.4) is 0 Å². The fraction of sp³-hybridized carbons (Fsp3) is 0.261. The first-order chi connectivity index (χ1) is 13.2. The molecule has 0 aliphatic rings. The highest BCUT2D eigenvalue weighted by molar-refractivity contribution is 5.73. The first-order valence-corrected chi connectivity index (χ1v) is 9.25. The molecule has 0 fully saturated rings. The zero-order chi connectivity index (χ0) is 20.3. The highest BCUT2D eigenvalue weighted by Crippen LogP contribution is 2.26. The fourth-order valence-corrected chi connectivity index (χ4v) is 2.92. The molecule has 0 spiro atoms. The molecule has 5 heteroatoms. The standard InChI is InChI=1S/C23H25N3O2/c1-23(2,3)19-10-8-16(9-11-19)18-13-25-21(26-14-18)17-6-4-15(5-7-17)12-20(24)22(27)28/h4-11,13-14,20H,12,24H2,1-3H3,(H,27,28). The molecule has 0 aliphatic heterocycles. The van der Waals surface area contributed by atoms with Gasteiger partial charge in [0, 0.05) is 23.5 Å². The number of aliphatic carboxylic acids is 1. The van der Waals surface area contributed by atoms with Crippen LogP contribution in [0.5, 0.6) is 0 Å². The molecule has 0 aliphatic carbocycles.